The van der Waals surface area contributed by atoms with E-state index in [1.54, 1.807) is 34.5 Å². The Morgan fingerprint density at radius 3 is 2.25 bits per heavy atom. The molecule has 10 rings (SSSR count). The van der Waals surface area contributed by atoms with E-state index in [0.717, 1.165) is 22.7 Å². The molecule has 6 aromatic heterocycles. The summed E-state index contributed by atoms with van der Waals surface area (Å²) in [7, 11) is 1.46. The number of allylic oxidation sites excluding steroid dienone is 2. The number of rotatable bonds is 28. The van der Waals surface area contributed by atoms with E-state index < -0.39 is 90.7 Å². The van der Waals surface area contributed by atoms with Gasteiger partial charge in [-0.3, -0.25) is 48.5 Å². The minimum atomic E-state index is -2.03. The molecule has 97 heavy (non-hydrogen) atoms. The summed E-state index contributed by atoms with van der Waals surface area (Å²) in [5.74, 6) is -5.63. The molecular weight excluding hydrogens is 1270 g/mol. The van der Waals surface area contributed by atoms with Crippen molar-refractivity contribution in [1.82, 2.24) is 59.0 Å². The number of imidazole rings is 1. The third-order valence-electron chi connectivity index (χ3n) is 15.6. The quantitative estimate of drug-likeness (QED) is 0.0193. The number of carbonyl (C=O) groups is 9. The van der Waals surface area contributed by atoms with Gasteiger partial charge in [0, 0.05) is 107 Å². The zero-order chi connectivity index (χ0) is 69.5. The Kier molecular flexibility index (Phi) is 20.7. The number of aliphatic hydroxyl groups is 3. The molecular formula is C63H68N16O18. The molecule has 11 N–H and O–H groups in total. The molecule has 0 bridgehead atoms. The number of anilines is 2. The normalized spacial score (nSPS) is 16.9. The van der Waals surface area contributed by atoms with Gasteiger partial charge < -0.3 is 79.9 Å². The molecule has 0 unspecified atom stereocenters. The van der Waals surface area contributed by atoms with Crippen LogP contribution in [0, 0.1) is 13.8 Å². The first kappa shape index (κ1) is 68.4. The Balaban J connectivity index is 0.846. The number of ether oxygens (including phenoxy) is 4. The van der Waals surface area contributed by atoms with Gasteiger partial charge >= 0.3 is 12.1 Å². The molecule has 0 aliphatic carbocycles. The predicted octanol–water partition coefficient (Wildman–Crippen LogP) is 2.15. The van der Waals surface area contributed by atoms with Crippen LogP contribution >= 0.6 is 0 Å². The second-order valence-electron chi connectivity index (χ2n) is 22.4. The van der Waals surface area contributed by atoms with Crippen molar-refractivity contribution in [3.05, 3.63) is 119 Å². The number of nitrogens with one attached hydrogen (secondary N) is 3. The van der Waals surface area contributed by atoms with Crippen LogP contribution in [0.4, 0.5) is 16.4 Å². The molecule has 2 aliphatic rings. The van der Waals surface area contributed by atoms with Gasteiger partial charge in [-0.2, -0.15) is 5.10 Å². The maximum atomic E-state index is 14.0. The Bertz CT molecular complexity index is 4470. The van der Waals surface area contributed by atoms with Crippen LogP contribution in [0.2, 0.25) is 0 Å². The maximum absolute atomic E-state index is 14.0. The van der Waals surface area contributed by atoms with E-state index in [1.807, 2.05) is 37.5 Å². The van der Waals surface area contributed by atoms with Crippen LogP contribution < -0.4 is 36.9 Å². The van der Waals surface area contributed by atoms with Crippen molar-refractivity contribution in [3.63, 3.8) is 0 Å². The zero-order valence-corrected chi connectivity index (χ0v) is 53.0. The summed E-state index contributed by atoms with van der Waals surface area (Å²) in [6, 6.07) is 10.4. The monoisotopic (exact) mass is 1340 g/mol. The van der Waals surface area contributed by atoms with Gasteiger partial charge in [0.05, 0.1) is 34.8 Å². The molecule has 5 atom stereocenters. The highest BCUT2D eigenvalue weighted by atomic mass is 16.7. The van der Waals surface area contributed by atoms with Crippen molar-refractivity contribution < 1.29 is 86.9 Å². The number of fused-ring (bicyclic) bond motifs is 4. The number of carboxylic acids is 1. The molecule has 2 aromatic carbocycles. The fourth-order valence-electron chi connectivity index (χ4n) is 10.8. The Hall–Kier alpha value is -11.5. The van der Waals surface area contributed by atoms with Crippen LogP contribution in [0.15, 0.2) is 83.6 Å². The van der Waals surface area contributed by atoms with Crippen LogP contribution in [0.5, 0.6) is 11.5 Å². The van der Waals surface area contributed by atoms with Crippen molar-refractivity contribution in [3.8, 4) is 23.0 Å². The third kappa shape index (κ3) is 15.2. The minimum absolute atomic E-state index is 0.0243. The van der Waals surface area contributed by atoms with Crippen LogP contribution in [0.3, 0.4) is 0 Å². The smallest absolute Gasteiger partial charge is 0.409 e. The van der Waals surface area contributed by atoms with Gasteiger partial charge in [0.25, 0.3) is 17.7 Å². The number of pyridine rings is 1. The number of amides is 8. The largest absolute Gasteiger partial charge is 0.491 e. The topological polar surface area (TPSA) is 471 Å². The van der Waals surface area contributed by atoms with Crippen molar-refractivity contribution in [1.29, 1.82) is 0 Å². The molecule has 2 aliphatic heterocycles. The first-order valence-electron chi connectivity index (χ1n) is 30.5. The van der Waals surface area contributed by atoms with Crippen molar-refractivity contribution in [2.45, 2.75) is 110 Å². The van der Waals surface area contributed by atoms with Gasteiger partial charge in [-0.15, -0.1) is 0 Å². The highest BCUT2D eigenvalue weighted by molar-refractivity contribution is 6.13. The van der Waals surface area contributed by atoms with Crippen molar-refractivity contribution in [2.24, 2.45) is 11.5 Å². The SMILES string of the molecule is CCc1nc(C)oc1C(=O)Nc1nc2cc(C(N)=O)cc(OCCCN(C)C(=O)OCc3ccc(O[C@@H]4O[C@H](C(=O)O)[C@@H](O)[C@H](O)[C@H]4O)c(NC(=O)CCNC(=O)CCN4C(=O)C=CC4=O)c3)c2n1C/C=C/Cn1c2ncc(C(N)=O)cc2c2cnc(-c3cc(C)nn3CC)nc21. The first-order valence-corrected chi connectivity index (χ1v) is 30.5. The number of oxazole rings is 1. The van der Waals surface area contributed by atoms with Gasteiger partial charge in [-0.25, -0.2) is 34.5 Å². The fraction of sp³-hybridized carbons (Fsp3) is 0.349. The van der Waals surface area contributed by atoms with Gasteiger partial charge in [-0.1, -0.05) is 25.1 Å². The lowest BCUT2D eigenvalue weighted by molar-refractivity contribution is -0.271. The molecule has 8 heterocycles. The first-order chi connectivity index (χ1) is 46.4. The zero-order valence-electron chi connectivity index (χ0n) is 53.0. The number of aryl methyl sites for hydroxylation is 4. The lowest BCUT2D eigenvalue weighted by Crippen LogP contribution is -2.61. The van der Waals surface area contributed by atoms with Crippen LogP contribution in [-0.4, -0.2) is 191 Å². The van der Waals surface area contributed by atoms with Crippen LogP contribution in [-0.2, 0) is 66.1 Å². The summed E-state index contributed by atoms with van der Waals surface area (Å²) in [4.78, 5) is 140. The van der Waals surface area contributed by atoms with E-state index in [0.29, 0.717) is 57.8 Å². The molecule has 1 fully saturated rings. The second kappa shape index (κ2) is 29.4. The highest BCUT2D eigenvalue weighted by Gasteiger charge is 2.48. The summed E-state index contributed by atoms with van der Waals surface area (Å²) in [5, 5.41) is 54.7. The number of aliphatic carboxylic acids is 1. The summed E-state index contributed by atoms with van der Waals surface area (Å²) in [6.45, 7) is 7.23. The number of aromatic nitrogens is 9. The number of benzene rings is 2. The molecule has 34 nitrogen and oxygen atoms in total. The van der Waals surface area contributed by atoms with Gasteiger partial charge in [0.1, 0.15) is 58.9 Å². The van der Waals surface area contributed by atoms with Crippen molar-refractivity contribution in [2.75, 3.05) is 43.9 Å². The number of primary amides is 2. The molecule has 8 aromatic rings. The third-order valence-corrected chi connectivity index (χ3v) is 15.6. The number of carboxylic acid groups (broad SMARTS) is 1. The average molecular weight is 1340 g/mol. The van der Waals surface area contributed by atoms with E-state index in [-0.39, 0.29) is 116 Å². The minimum Gasteiger partial charge on any atom is -0.491 e. The predicted molar refractivity (Wildman–Crippen MR) is 340 cm³/mol. The summed E-state index contributed by atoms with van der Waals surface area (Å²) in [5.41, 5.74) is 15.3. The number of hydrogen-bond acceptors (Lipinski definition) is 23. The summed E-state index contributed by atoms with van der Waals surface area (Å²) >= 11 is 0. The Labute approximate surface area is 549 Å². The van der Waals surface area contributed by atoms with E-state index >= 15 is 0 Å². The maximum Gasteiger partial charge on any atom is 0.409 e. The fourth-order valence-corrected chi connectivity index (χ4v) is 10.8. The molecule has 8 amide bonds. The van der Waals surface area contributed by atoms with Gasteiger partial charge in [0.2, 0.25) is 41.6 Å². The standard InChI is InChI=1S/C63H68N16O18/c1-6-38-52(95-32(4)69-38)59(89)73-62-71-40-26-34(54(64)87)27-43(48(40)77(62)19-8-9-20-78-57-36(25-35(28-68-57)55(65)88)37-29-67-56(72-58(37)78)41-23-31(3)74-79(41)7-2)93-22-10-18-75(5)63(92)94-30-33-11-12-42(96-61-51(86)49(84)50(85)53(97-61)60(90)91)39(24-33)70-45(81)15-17-66-44(80)16-21-76-46(82)13-14-47(76)83/h8-9,11-14,23-29,49-51,53,61,84-86H,6-7,10,15-22,30H2,1-5H3,(H2,64,87)(H2,65,88)(H,66,80)(H,70,81)(H,90,91)(H,71,73,89)/b9-8+/t49-,50-,51+,53-,61+/m0/s1. The van der Waals surface area contributed by atoms with Crippen molar-refractivity contribution >= 4 is 98.1 Å². The number of nitrogens with zero attached hydrogens (tertiary/aromatic N) is 11. The van der Waals surface area contributed by atoms with E-state index in [1.165, 1.54) is 48.5 Å². The molecule has 0 radical (unpaired) electrons. The second-order valence-corrected chi connectivity index (χ2v) is 22.4. The summed E-state index contributed by atoms with van der Waals surface area (Å²) < 4.78 is 34.1. The lowest BCUT2D eigenvalue weighted by Gasteiger charge is -2.38. The number of carbonyl (C=O) groups excluding carboxylic acids is 8. The van der Waals surface area contributed by atoms with Crippen LogP contribution in [0.25, 0.3) is 44.6 Å². The number of hydrogen-bond donors (Lipinski definition) is 9. The molecule has 508 valence electrons. The van der Waals surface area contributed by atoms with E-state index in [4.69, 9.17) is 44.8 Å². The Morgan fingerprint density at radius 1 is 0.794 bits per heavy atom. The van der Waals surface area contributed by atoms with Crippen LogP contribution in [0.1, 0.15) is 87.2 Å². The van der Waals surface area contributed by atoms with Gasteiger partial charge in [-0.05, 0) is 68.7 Å². The summed E-state index contributed by atoms with van der Waals surface area (Å²) in [6.07, 6.45) is -1.92. The number of imide groups is 1. The molecule has 1 saturated heterocycles. The molecule has 0 spiro atoms. The lowest BCUT2D eigenvalue weighted by atomic mass is 9.99. The highest BCUT2D eigenvalue weighted by Crippen LogP contribution is 2.35. The van der Waals surface area contributed by atoms with Gasteiger partial charge in [0.15, 0.2) is 17.8 Å². The Morgan fingerprint density at radius 2 is 1.54 bits per heavy atom. The number of aliphatic hydroxyl groups excluding tert-OH is 3. The number of nitrogens with two attached hydrogens (primary N) is 2. The molecule has 0 saturated carbocycles. The van der Waals surface area contributed by atoms with E-state index in [9.17, 15) is 63.6 Å². The average Bonchev–Trinajstić information content (AvgIpc) is 1.62. The molecule has 34 heteroatoms. The van der Waals surface area contributed by atoms with E-state index in [2.05, 4.69) is 36.0 Å².